The van der Waals surface area contributed by atoms with Crippen LogP contribution in [-0.4, -0.2) is 19.3 Å². The summed E-state index contributed by atoms with van der Waals surface area (Å²) in [5, 5.41) is 12.1. The van der Waals surface area contributed by atoms with E-state index in [1.54, 1.807) is 19.2 Å². The Hall–Kier alpha value is -1.73. The van der Waals surface area contributed by atoms with Crippen molar-refractivity contribution in [3.05, 3.63) is 23.8 Å². The van der Waals surface area contributed by atoms with Crippen LogP contribution in [0, 0.1) is 11.3 Å². The molecule has 16 heavy (non-hydrogen) atoms. The first kappa shape index (κ1) is 12.3. The van der Waals surface area contributed by atoms with Crippen LogP contribution in [-0.2, 0) is 4.74 Å². The maximum absolute atomic E-state index is 8.86. The van der Waals surface area contributed by atoms with Crippen molar-refractivity contribution in [3.8, 4) is 6.07 Å². The van der Waals surface area contributed by atoms with Gasteiger partial charge in [-0.2, -0.15) is 5.26 Å². The number of anilines is 2. The summed E-state index contributed by atoms with van der Waals surface area (Å²) in [5.41, 5.74) is 7.38. The molecule has 4 nitrogen and oxygen atoms in total. The van der Waals surface area contributed by atoms with Crippen LogP contribution in [0.1, 0.15) is 19.4 Å². The number of ether oxygens (including phenoxy) is 1. The van der Waals surface area contributed by atoms with Gasteiger partial charge in [0, 0.05) is 7.11 Å². The van der Waals surface area contributed by atoms with E-state index in [1.165, 1.54) is 0 Å². The third kappa shape index (κ3) is 2.88. The number of para-hydroxylation sites is 1. The fourth-order valence-electron chi connectivity index (χ4n) is 1.53. The highest BCUT2D eigenvalue weighted by atomic mass is 16.5. The molecule has 0 unspecified atom stereocenters. The van der Waals surface area contributed by atoms with Crippen molar-refractivity contribution in [1.82, 2.24) is 0 Å². The van der Waals surface area contributed by atoms with Gasteiger partial charge in [0.1, 0.15) is 6.07 Å². The zero-order valence-corrected chi connectivity index (χ0v) is 9.87. The molecule has 0 saturated heterocycles. The van der Waals surface area contributed by atoms with Crippen molar-refractivity contribution in [2.75, 3.05) is 24.8 Å². The van der Waals surface area contributed by atoms with Crippen LogP contribution in [0.2, 0.25) is 0 Å². The molecule has 4 heteroatoms. The van der Waals surface area contributed by atoms with Crippen LogP contribution in [0.25, 0.3) is 0 Å². The van der Waals surface area contributed by atoms with Crippen molar-refractivity contribution in [2.45, 2.75) is 19.4 Å². The molecule has 0 saturated carbocycles. The van der Waals surface area contributed by atoms with E-state index in [-0.39, 0.29) is 5.54 Å². The summed E-state index contributed by atoms with van der Waals surface area (Å²) in [6, 6.07) is 7.42. The minimum Gasteiger partial charge on any atom is -0.396 e. The molecule has 0 aliphatic carbocycles. The van der Waals surface area contributed by atoms with Crippen LogP contribution in [0.15, 0.2) is 18.2 Å². The highest BCUT2D eigenvalue weighted by Crippen LogP contribution is 2.25. The second-order valence-electron chi connectivity index (χ2n) is 4.32. The van der Waals surface area contributed by atoms with Gasteiger partial charge in [-0.1, -0.05) is 6.07 Å². The van der Waals surface area contributed by atoms with Gasteiger partial charge in [0.15, 0.2) is 0 Å². The summed E-state index contributed by atoms with van der Waals surface area (Å²) in [6.07, 6.45) is 0. The van der Waals surface area contributed by atoms with E-state index >= 15 is 0 Å². The number of benzene rings is 1. The Morgan fingerprint density at radius 2 is 2.19 bits per heavy atom. The molecule has 0 aromatic heterocycles. The Bertz CT molecular complexity index is 407. The Morgan fingerprint density at radius 1 is 1.50 bits per heavy atom. The number of methoxy groups -OCH3 is 1. The predicted molar refractivity (Wildman–Crippen MR) is 65.1 cm³/mol. The van der Waals surface area contributed by atoms with E-state index in [4.69, 9.17) is 15.7 Å². The van der Waals surface area contributed by atoms with Gasteiger partial charge in [-0.3, -0.25) is 0 Å². The fourth-order valence-corrected chi connectivity index (χ4v) is 1.53. The van der Waals surface area contributed by atoms with Gasteiger partial charge in [-0.15, -0.1) is 0 Å². The molecule has 0 heterocycles. The maximum Gasteiger partial charge on any atom is 0.101 e. The monoisotopic (exact) mass is 219 g/mol. The van der Waals surface area contributed by atoms with Gasteiger partial charge in [0.2, 0.25) is 0 Å². The Kier molecular flexibility index (Phi) is 3.75. The summed E-state index contributed by atoms with van der Waals surface area (Å²) in [7, 11) is 1.65. The highest BCUT2D eigenvalue weighted by molar-refractivity contribution is 5.73. The Morgan fingerprint density at radius 3 is 2.75 bits per heavy atom. The van der Waals surface area contributed by atoms with Crippen LogP contribution in [0.5, 0.6) is 0 Å². The maximum atomic E-state index is 8.86. The Balaban J connectivity index is 2.94. The van der Waals surface area contributed by atoms with Crippen LogP contribution >= 0.6 is 0 Å². The lowest BCUT2D eigenvalue weighted by Gasteiger charge is -2.27. The smallest absolute Gasteiger partial charge is 0.101 e. The largest absolute Gasteiger partial charge is 0.396 e. The second kappa shape index (κ2) is 4.86. The van der Waals surface area contributed by atoms with Gasteiger partial charge >= 0.3 is 0 Å². The first-order chi connectivity index (χ1) is 7.50. The second-order valence-corrected chi connectivity index (χ2v) is 4.32. The average molecular weight is 219 g/mol. The Labute approximate surface area is 96.0 Å². The molecule has 1 aromatic rings. The molecule has 0 amide bonds. The molecule has 3 N–H and O–H groups in total. The number of hydrogen-bond acceptors (Lipinski definition) is 4. The topological polar surface area (TPSA) is 71.1 Å². The van der Waals surface area contributed by atoms with Gasteiger partial charge in [0.25, 0.3) is 0 Å². The van der Waals surface area contributed by atoms with E-state index in [0.29, 0.717) is 17.9 Å². The molecule has 1 aromatic carbocycles. The zero-order valence-electron chi connectivity index (χ0n) is 9.87. The lowest BCUT2D eigenvalue weighted by Crippen LogP contribution is -2.36. The summed E-state index contributed by atoms with van der Waals surface area (Å²) >= 11 is 0. The van der Waals surface area contributed by atoms with E-state index in [1.807, 2.05) is 19.9 Å². The van der Waals surface area contributed by atoms with Gasteiger partial charge in [-0.25, -0.2) is 0 Å². The van der Waals surface area contributed by atoms with E-state index in [0.717, 1.165) is 5.69 Å². The normalized spacial score (nSPS) is 10.9. The fraction of sp³-hybridized carbons (Fsp3) is 0.417. The predicted octanol–water partition coefficient (Wildman–Crippen LogP) is 1.98. The molecular formula is C12H17N3O. The van der Waals surface area contributed by atoms with Gasteiger partial charge in [0.05, 0.1) is 29.1 Å². The van der Waals surface area contributed by atoms with Crippen molar-refractivity contribution in [2.24, 2.45) is 0 Å². The van der Waals surface area contributed by atoms with Crippen molar-refractivity contribution in [3.63, 3.8) is 0 Å². The van der Waals surface area contributed by atoms with Crippen molar-refractivity contribution in [1.29, 1.82) is 5.26 Å². The summed E-state index contributed by atoms with van der Waals surface area (Å²) in [4.78, 5) is 0. The van der Waals surface area contributed by atoms with Crippen LogP contribution < -0.4 is 11.1 Å². The van der Waals surface area contributed by atoms with E-state index in [9.17, 15) is 0 Å². The summed E-state index contributed by atoms with van der Waals surface area (Å²) < 4.78 is 5.11. The molecule has 0 bridgehead atoms. The lowest BCUT2D eigenvalue weighted by atomic mass is 10.1. The minimum absolute atomic E-state index is 0.225. The molecule has 0 fully saturated rings. The van der Waals surface area contributed by atoms with E-state index < -0.39 is 0 Å². The average Bonchev–Trinajstić information content (AvgIpc) is 2.21. The van der Waals surface area contributed by atoms with Crippen molar-refractivity contribution >= 4 is 11.4 Å². The first-order valence-corrected chi connectivity index (χ1v) is 5.06. The zero-order chi connectivity index (χ0) is 12.2. The SMILES string of the molecule is COCC(C)(C)Nc1cccc(C#N)c1N. The molecule has 0 aliphatic rings. The highest BCUT2D eigenvalue weighted by Gasteiger charge is 2.18. The number of hydrogen-bond donors (Lipinski definition) is 2. The molecule has 0 spiro atoms. The van der Waals surface area contributed by atoms with Crippen molar-refractivity contribution < 1.29 is 4.74 Å². The molecule has 86 valence electrons. The number of nitriles is 1. The third-order valence-corrected chi connectivity index (χ3v) is 2.20. The molecule has 0 aliphatic heterocycles. The van der Waals surface area contributed by atoms with Gasteiger partial charge < -0.3 is 15.8 Å². The molecule has 0 atom stereocenters. The minimum atomic E-state index is -0.225. The number of nitrogens with zero attached hydrogens (tertiary/aromatic N) is 1. The third-order valence-electron chi connectivity index (χ3n) is 2.20. The van der Waals surface area contributed by atoms with E-state index in [2.05, 4.69) is 11.4 Å². The number of nitrogen functional groups attached to an aromatic ring is 1. The number of rotatable bonds is 4. The molecule has 0 radical (unpaired) electrons. The van der Waals surface area contributed by atoms with Crippen LogP contribution in [0.3, 0.4) is 0 Å². The lowest BCUT2D eigenvalue weighted by molar-refractivity contribution is 0.158. The quantitative estimate of drug-likeness (QED) is 0.759. The standard InChI is InChI=1S/C12H17N3O/c1-12(2,8-16-3)15-10-6-4-5-9(7-13)11(10)14/h4-6,15H,8,14H2,1-3H3. The number of nitrogens with two attached hydrogens (primary N) is 1. The summed E-state index contributed by atoms with van der Waals surface area (Å²) in [6.45, 7) is 4.58. The van der Waals surface area contributed by atoms with Gasteiger partial charge in [-0.05, 0) is 26.0 Å². The first-order valence-electron chi connectivity index (χ1n) is 5.06. The van der Waals surface area contributed by atoms with Crippen LogP contribution in [0.4, 0.5) is 11.4 Å². The molecule has 1 rings (SSSR count). The summed E-state index contributed by atoms with van der Waals surface area (Å²) in [5.74, 6) is 0. The number of nitrogens with one attached hydrogen (secondary N) is 1. The molecular weight excluding hydrogens is 202 g/mol.